The second-order valence-electron chi connectivity index (χ2n) is 8.89. The van der Waals surface area contributed by atoms with Crippen LogP contribution in [0.2, 0.25) is 0 Å². The summed E-state index contributed by atoms with van der Waals surface area (Å²) in [6.45, 7) is 5.97. The largest absolute Gasteiger partial charge is 0.497 e. The first kappa shape index (κ1) is 23.2. The van der Waals surface area contributed by atoms with E-state index in [0.29, 0.717) is 23.5 Å². The molecular weight excluding hydrogens is 432 g/mol. The maximum Gasteiger partial charge on any atom is 0.268 e. The number of furan rings is 1. The normalized spacial score (nSPS) is 16.7. The van der Waals surface area contributed by atoms with Crippen LogP contribution in [0.5, 0.6) is 11.5 Å². The fraction of sp³-hybridized carbons (Fsp3) is 0.259. The van der Waals surface area contributed by atoms with Crippen LogP contribution in [0.3, 0.4) is 0 Å². The van der Waals surface area contributed by atoms with Gasteiger partial charge in [-0.2, -0.15) is 0 Å². The molecule has 0 unspecified atom stereocenters. The summed E-state index contributed by atoms with van der Waals surface area (Å²) in [4.78, 5) is 26.3. The Kier molecular flexibility index (Phi) is 6.45. The van der Waals surface area contributed by atoms with Crippen LogP contribution in [0, 0.1) is 6.92 Å². The zero-order valence-electron chi connectivity index (χ0n) is 19.7. The zero-order valence-corrected chi connectivity index (χ0v) is 19.7. The SMILES string of the molecule is COc1ccc(C(=O)N/C(=C\c2ccco2)C(=O)N[C@@H]2CC(C)(C)Oc3ccc(C)cc32)cc1. The molecule has 1 aliphatic rings. The maximum absolute atomic E-state index is 13.4. The summed E-state index contributed by atoms with van der Waals surface area (Å²) in [6, 6.07) is 15.7. The lowest BCUT2D eigenvalue weighted by molar-refractivity contribution is -0.119. The number of fused-ring (bicyclic) bond motifs is 1. The molecule has 1 aliphatic heterocycles. The second-order valence-corrected chi connectivity index (χ2v) is 8.89. The van der Waals surface area contributed by atoms with Crippen molar-refractivity contribution < 1.29 is 23.5 Å². The molecule has 4 rings (SSSR count). The number of methoxy groups -OCH3 is 1. The van der Waals surface area contributed by atoms with Gasteiger partial charge < -0.3 is 24.5 Å². The zero-order chi connectivity index (χ0) is 24.3. The molecule has 176 valence electrons. The van der Waals surface area contributed by atoms with Crippen LogP contribution in [-0.2, 0) is 4.79 Å². The molecule has 0 saturated carbocycles. The summed E-state index contributed by atoms with van der Waals surface area (Å²) >= 11 is 0. The smallest absolute Gasteiger partial charge is 0.268 e. The molecule has 7 nitrogen and oxygen atoms in total. The van der Waals surface area contributed by atoms with E-state index in [1.54, 1.807) is 43.5 Å². The fourth-order valence-electron chi connectivity index (χ4n) is 3.95. The Morgan fingerprint density at radius 3 is 2.56 bits per heavy atom. The van der Waals surface area contributed by atoms with E-state index in [4.69, 9.17) is 13.9 Å². The van der Waals surface area contributed by atoms with Crippen molar-refractivity contribution in [3.63, 3.8) is 0 Å². The van der Waals surface area contributed by atoms with Crippen LogP contribution in [0.4, 0.5) is 0 Å². The van der Waals surface area contributed by atoms with Crippen LogP contribution >= 0.6 is 0 Å². The van der Waals surface area contributed by atoms with E-state index >= 15 is 0 Å². The lowest BCUT2D eigenvalue weighted by atomic mass is 9.89. The van der Waals surface area contributed by atoms with Crippen molar-refractivity contribution in [2.75, 3.05) is 7.11 Å². The Bertz CT molecular complexity index is 1210. The molecule has 0 saturated heterocycles. The number of benzene rings is 2. The van der Waals surface area contributed by atoms with Gasteiger partial charge in [0.25, 0.3) is 11.8 Å². The standard InChI is InChI=1S/C27H28N2O5/c1-17-7-12-24-21(14-17)23(16-27(2,3)34-24)29-26(31)22(15-20-6-5-13-33-20)28-25(30)18-8-10-19(32-4)11-9-18/h5-15,23H,16H2,1-4H3,(H,28,30)(H,29,31)/b22-15-/t23-/m1/s1. The topological polar surface area (TPSA) is 89.8 Å². The van der Waals surface area contributed by atoms with Crippen molar-refractivity contribution in [3.05, 3.63) is 89.0 Å². The van der Waals surface area contributed by atoms with Crippen molar-refractivity contribution in [3.8, 4) is 11.5 Å². The lowest BCUT2D eigenvalue weighted by Gasteiger charge is -2.38. The van der Waals surface area contributed by atoms with Crippen molar-refractivity contribution in [2.24, 2.45) is 0 Å². The number of hydrogen-bond acceptors (Lipinski definition) is 5. The highest BCUT2D eigenvalue weighted by Gasteiger charge is 2.35. The third-order valence-corrected chi connectivity index (χ3v) is 5.60. The average molecular weight is 461 g/mol. The molecule has 34 heavy (non-hydrogen) atoms. The van der Waals surface area contributed by atoms with E-state index < -0.39 is 17.4 Å². The number of hydrogen-bond donors (Lipinski definition) is 2. The predicted molar refractivity (Wildman–Crippen MR) is 129 cm³/mol. The van der Waals surface area contributed by atoms with E-state index in [-0.39, 0.29) is 11.7 Å². The first-order valence-corrected chi connectivity index (χ1v) is 11.0. The van der Waals surface area contributed by atoms with E-state index in [0.717, 1.165) is 16.9 Å². The number of aryl methyl sites for hydroxylation is 1. The summed E-state index contributed by atoms with van der Waals surface area (Å²) < 4.78 is 16.6. The molecule has 0 spiro atoms. The minimum absolute atomic E-state index is 0.0780. The van der Waals surface area contributed by atoms with Gasteiger partial charge in [-0.15, -0.1) is 0 Å². The minimum Gasteiger partial charge on any atom is -0.497 e. The second kappa shape index (κ2) is 9.47. The van der Waals surface area contributed by atoms with Gasteiger partial charge in [-0.3, -0.25) is 9.59 Å². The third-order valence-electron chi connectivity index (χ3n) is 5.60. The van der Waals surface area contributed by atoms with Crippen LogP contribution < -0.4 is 20.1 Å². The highest BCUT2D eigenvalue weighted by Crippen LogP contribution is 2.40. The molecule has 0 bridgehead atoms. The molecule has 2 N–H and O–H groups in total. The molecule has 0 radical (unpaired) electrons. The summed E-state index contributed by atoms with van der Waals surface area (Å²) in [5, 5.41) is 5.81. The number of rotatable bonds is 6. The van der Waals surface area contributed by atoms with Crippen molar-refractivity contribution >= 4 is 17.9 Å². The lowest BCUT2D eigenvalue weighted by Crippen LogP contribution is -2.43. The van der Waals surface area contributed by atoms with Gasteiger partial charge in [0.05, 0.1) is 19.4 Å². The van der Waals surface area contributed by atoms with Crippen molar-refractivity contribution in [1.29, 1.82) is 0 Å². The van der Waals surface area contributed by atoms with Gasteiger partial charge in [0.15, 0.2) is 0 Å². The van der Waals surface area contributed by atoms with Gasteiger partial charge in [0, 0.05) is 23.6 Å². The molecule has 0 fully saturated rings. The Balaban J connectivity index is 1.60. The van der Waals surface area contributed by atoms with Gasteiger partial charge in [0.2, 0.25) is 0 Å². The highest BCUT2D eigenvalue weighted by molar-refractivity contribution is 6.05. The average Bonchev–Trinajstić information content (AvgIpc) is 3.32. The number of carbonyl (C=O) groups is 2. The maximum atomic E-state index is 13.4. The monoisotopic (exact) mass is 460 g/mol. The quantitative estimate of drug-likeness (QED) is 0.517. The molecule has 2 aromatic carbocycles. The van der Waals surface area contributed by atoms with Gasteiger partial charge in [-0.1, -0.05) is 17.7 Å². The third kappa shape index (κ3) is 5.31. The Labute approximate surface area is 198 Å². The molecule has 2 heterocycles. The molecular formula is C27H28N2O5. The molecule has 3 aromatic rings. The highest BCUT2D eigenvalue weighted by atomic mass is 16.5. The Morgan fingerprint density at radius 2 is 1.88 bits per heavy atom. The van der Waals surface area contributed by atoms with Crippen LogP contribution in [0.1, 0.15) is 53.6 Å². The number of amides is 2. The van der Waals surface area contributed by atoms with Gasteiger partial charge >= 0.3 is 0 Å². The van der Waals surface area contributed by atoms with Crippen molar-refractivity contribution in [2.45, 2.75) is 38.8 Å². The Morgan fingerprint density at radius 1 is 1.12 bits per heavy atom. The van der Waals surface area contributed by atoms with E-state index in [2.05, 4.69) is 10.6 Å². The van der Waals surface area contributed by atoms with Gasteiger partial charge in [0.1, 0.15) is 28.6 Å². The number of carbonyl (C=O) groups excluding carboxylic acids is 2. The molecule has 1 atom stereocenters. The summed E-state index contributed by atoms with van der Waals surface area (Å²) in [5.41, 5.74) is 1.99. The van der Waals surface area contributed by atoms with Crippen molar-refractivity contribution in [1.82, 2.24) is 10.6 Å². The van der Waals surface area contributed by atoms with Gasteiger partial charge in [-0.25, -0.2) is 0 Å². The minimum atomic E-state index is -0.461. The fourth-order valence-corrected chi connectivity index (χ4v) is 3.95. The Hall–Kier alpha value is -4.00. The first-order valence-electron chi connectivity index (χ1n) is 11.0. The van der Waals surface area contributed by atoms with Crippen LogP contribution in [0.25, 0.3) is 6.08 Å². The summed E-state index contributed by atoms with van der Waals surface area (Å²) in [5.74, 6) is 0.985. The van der Waals surface area contributed by atoms with Gasteiger partial charge in [-0.05, 0) is 63.2 Å². The molecule has 0 aliphatic carbocycles. The molecule has 1 aromatic heterocycles. The summed E-state index contributed by atoms with van der Waals surface area (Å²) in [7, 11) is 1.56. The predicted octanol–water partition coefficient (Wildman–Crippen LogP) is 4.79. The summed E-state index contributed by atoms with van der Waals surface area (Å²) in [6.07, 6.45) is 3.60. The van der Waals surface area contributed by atoms with Crippen LogP contribution in [-0.4, -0.2) is 24.5 Å². The van der Waals surface area contributed by atoms with E-state index in [9.17, 15) is 9.59 Å². The number of ether oxygens (including phenoxy) is 2. The van der Waals surface area contributed by atoms with E-state index in [1.807, 2.05) is 39.0 Å². The number of nitrogens with one attached hydrogen (secondary N) is 2. The van der Waals surface area contributed by atoms with E-state index in [1.165, 1.54) is 12.3 Å². The van der Waals surface area contributed by atoms with Crippen LogP contribution in [0.15, 0.2) is 71.0 Å². The molecule has 7 heteroatoms. The first-order chi connectivity index (χ1) is 16.2. The molecule has 2 amide bonds.